The summed E-state index contributed by atoms with van der Waals surface area (Å²) in [5.41, 5.74) is 6.42. The highest BCUT2D eigenvalue weighted by Crippen LogP contribution is 2.02. The minimum absolute atomic E-state index is 0.332. The standard InChI is InChI=1S/C12H20N2O2.C2H6/c1-3-5-10(6-4-2)7-8-14-12(16)11(13)9-15;1-2/h3-6,11,15H,1,7-9,13H2,2H3,(H,14,16);1-2H3/b6-4-,10-5+;. The van der Waals surface area contributed by atoms with E-state index in [9.17, 15) is 4.79 Å². The molecule has 0 saturated carbocycles. The molecule has 0 bridgehead atoms. The maximum absolute atomic E-state index is 11.2. The topological polar surface area (TPSA) is 75.4 Å². The van der Waals surface area contributed by atoms with Crippen LogP contribution in [-0.4, -0.2) is 30.2 Å². The minimum atomic E-state index is -0.839. The molecular formula is C14H26N2O2. The number of aliphatic hydroxyl groups is 1. The second-order valence-electron chi connectivity index (χ2n) is 3.31. The molecule has 4 nitrogen and oxygen atoms in total. The van der Waals surface area contributed by atoms with Gasteiger partial charge in [0.15, 0.2) is 0 Å². The highest BCUT2D eigenvalue weighted by Gasteiger charge is 2.10. The fourth-order valence-electron chi connectivity index (χ4n) is 1.13. The third kappa shape index (κ3) is 9.81. The van der Waals surface area contributed by atoms with Gasteiger partial charge < -0.3 is 16.2 Å². The van der Waals surface area contributed by atoms with E-state index >= 15 is 0 Å². The molecular weight excluding hydrogens is 228 g/mol. The van der Waals surface area contributed by atoms with Gasteiger partial charge >= 0.3 is 0 Å². The zero-order valence-corrected chi connectivity index (χ0v) is 11.6. The molecule has 1 amide bonds. The summed E-state index contributed by atoms with van der Waals surface area (Å²) in [5, 5.41) is 11.3. The van der Waals surface area contributed by atoms with Gasteiger partial charge in [0.1, 0.15) is 6.04 Å². The van der Waals surface area contributed by atoms with E-state index in [4.69, 9.17) is 10.8 Å². The van der Waals surface area contributed by atoms with Gasteiger partial charge in [-0.2, -0.15) is 0 Å². The second-order valence-corrected chi connectivity index (χ2v) is 3.31. The molecule has 18 heavy (non-hydrogen) atoms. The Hall–Kier alpha value is -1.39. The van der Waals surface area contributed by atoms with Crippen molar-refractivity contribution in [3.05, 3.63) is 36.5 Å². The van der Waals surface area contributed by atoms with Crippen molar-refractivity contribution in [2.45, 2.75) is 33.2 Å². The van der Waals surface area contributed by atoms with Gasteiger partial charge in [-0.05, 0) is 18.9 Å². The van der Waals surface area contributed by atoms with E-state index in [1.807, 2.05) is 39.0 Å². The smallest absolute Gasteiger partial charge is 0.239 e. The van der Waals surface area contributed by atoms with Gasteiger partial charge in [0.25, 0.3) is 0 Å². The normalized spacial score (nSPS) is 12.6. The van der Waals surface area contributed by atoms with Gasteiger partial charge in [0.05, 0.1) is 6.61 Å². The van der Waals surface area contributed by atoms with Crippen molar-refractivity contribution in [2.75, 3.05) is 13.2 Å². The number of aliphatic hydroxyl groups excluding tert-OH is 1. The summed E-state index contributed by atoms with van der Waals surface area (Å²) in [4.78, 5) is 11.2. The van der Waals surface area contributed by atoms with E-state index < -0.39 is 6.04 Å². The zero-order chi connectivity index (χ0) is 14.4. The summed E-state index contributed by atoms with van der Waals surface area (Å²) >= 11 is 0. The molecule has 0 fully saturated rings. The molecule has 0 rings (SSSR count). The van der Waals surface area contributed by atoms with Crippen molar-refractivity contribution in [1.82, 2.24) is 5.32 Å². The maximum atomic E-state index is 11.2. The third-order valence-corrected chi connectivity index (χ3v) is 1.96. The highest BCUT2D eigenvalue weighted by atomic mass is 16.3. The summed E-state index contributed by atoms with van der Waals surface area (Å²) < 4.78 is 0. The van der Waals surface area contributed by atoms with Crippen molar-refractivity contribution >= 4 is 5.91 Å². The van der Waals surface area contributed by atoms with Crippen LogP contribution in [0.2, 0.25) is 0 Å². The van der Waals surface area contributed by atoms with E-state index in [2.05, 4.69) is 11.9 Å². The lowest BCUT2D eigenvalue weighted by Crippen LogP contribution is -2.43. The van der Waals surface area contributed by atoms with Crippen molar-refractivity contribution in [2.24, 2.45) is 5.73 Å². The number of hydrogen-bond donors (Lipinski definition) is 3. The molecule has 0 heterocycles. The second kappa shape index (κ2) is 13.7. The third-order valence-electron chi connectivity index (χ3n) is 1.96. The van der Waals surface area contributed by atoms with Gasteiger partial charge in [-0.25, -0.2) is 0 Å². The fourth-order valence-corrected chi connectivity index (χ4v) is 1.13. The lowest BCUT2D eigenvalue weighted by molar-refractivity contribution is -0.123. The Morgan fingerprint density at radius 2 is 2.11 bits per heavy atom. The summed E-state index contributed by atoms with van der Waals surface area (Å²) in [5.74, 6) is -0.332. The number of amides is 1. The van der Waals surface area contributed by atoms with Crippen molar-refractivity contribution in [3.8, 4) is 0 Å². The molecule has 0 aromatic rings. The van der Waals surface area contributed by atoms with Gasteiger partial charge in [-0.15, -0.1) is 0 Å². The molecule has 1 atom stereocenters. The Balaban J connectivity index is 0. The quantitative estimate of drug-likeness (QED) is 0.603. The molecule has 0 aromatic heterocycles. The summed E-state index contributed by atoms with van der Waals surface area (Å²) in [6.07, 6.45) is 8.19. The number of nitrogens with one attached hydrogen (secondary N) is 1. The first-order chi connectivity index (χ1) is 8.65. The fraction of sp³-hybridized carbons (Fsp3) is 0.500. The van der Waals surface area contributed by atoms with Crippen LogP contribution in [0, 0.1) is 0 Å². The van der Waals surface area contributed by atoms with Crippen molar-refractivity contribution in [1.29, 1.82) is 0 Å². The van der Waals surface area contributed by atoms with E-state index in [0.717, 1.165) is 5.57 Å². The summed E-state index contributed by atoms with van der Waals surface area (Å²) in [6, 6.07) is -0.839. The average Bonchev–Trinajstić information content (AvgIpc) is 2.40. The van der Waals surface area contributed by atoms with Gasteiger partial charge in [-0.3, -0.25) is 4.79 Å². The maximum Gasteiger partial charge on any atom is 0.239 e. The van der Waals surface area contributed by atoms with Crippen LogP contribution < -0.4 is 11.1 Å². The zero-order valence-electron chi connectivity index (χ0n) is 11.6. The molecule has 0 saturated heterocycles. The lowest BCUT2D eigenvalue weighted by atomic mass is 10.1. The molecule has 4 heteroatoms. The van der Waals surface area contributed by atoms with Gasteiger partial charge in [0.2, 0.25) is 5.91 Å². The van der Waals surface area contributed by atoms with Gasteiger partial charge in [-0.1, -0.05) is 44.7 Å². The average molecular weight is 254 g/mol. The molecule has 0 aliphatic carbocycles. The van der Waals surface area contributed by atoms with Crippen molar-refractivity contribution < 1.29 is 9.90 Å². The molecule has 0 aromatic carbocycles. The molecule has 104 valence electrons. The number of carbonyl (C=O) groups excluding carboxylic acids is 1. The van der Waals surface area contributed by atoms with Crippen molar-refractivity contribution in [3.63, 3.8) is 0 Å². The predicted molar refractivity (Wildman–Crippen MR) is 77.1 cm³/mol. The number of hydrogen-bond acceptors (Lipinski definition) is 3. The molecule has 0 spiro atoms. The first-order valence-electron chi connectivity index (χ1n) is 6.24. The van der Waals surface area contributed by atoms with E-state index in [-0.39, 0.29) is 12.5 Å². The number of rotatable bonds is 7. The Bertz CT molecular complexity index is 284. The lowest BCUT2D eigenvalue weighted by Gasteiger charge is -2.09. The molecule has 1 unspecified atom stereocenters. The Kier molecular flexibility index (Phi) is 14.4. The van der Waals surface area contributed by atoms with Crippen LogP contribution in [0.25, 0.3) is 0 Å². The number of carbonyl (C=O) groups is 1. The minimum Gasteiger partial charge on any atom is -0.394 e. The molecule has 0 aliphatic rings. The highest BCUT2D eigenvalue weighted by molar-refractivity contribution is 5.81. The van der Waals surface area contributed by atoms with Gasteiger partial charge in [0, 0.05) is 6.54 Å². The van der Waals surface area contributed by atoms with E-state index in [1.165, 1.54) is 0 Å². The number of allylic oxidation sites excluding steroid dienone is 4. The van der Waals surface area contributed by atoms with Crippen LogP contribution in [0.1, 0.15) is 27.2 Å². The monoisotopic (exact) mass is 254 g/mol. The van der Waals surface area contributed by atoms with Crippen LogP contribution in [0.5, 0.6) is 0 Å². The molecule has 0 aliphatic heterocycles. The largest absolute Gasteiger partial charge is 0.394 e. The van der Waals surface area contributed by atoms with Crippen LogP contribution in [-0.2, 0) is 4.79 Å². The first kappa shape index (κ1) is 19.0. The predicted octanol–water partition coefficient (Wildman–Crippen LogP) is 1.53. The van der Waals surface area contributed by atoms with Crippen LogP contribution in [0.3, 0.4) is 0 Å². The first-order valence-corrected chi connectivity index (χ1v) is 6.24. The van der Waals surface area contributed by atoms with Crippen LogP contribution in [0.4, 0.5) is 0 Å². The van der Waals surface area contributed by atoms with E-state index in [0.29, 0.717) is 13.0 Å². The van der Waals surface area contributed by atoms with Crippen LogP contribution >= 0.6 is 0 Å². The molecule has 0 radical (unpaired) electrons. The summed E-state index contributed by atoms with van der Waals surface area (Å²) in [6.45, 7) is 9.70. The Labute approximate surface area is 110 Å². The van der Waals surface area contributed by atoms with E-state index in [1.54, 1.807) is 6.08 Å². The SMILES string of the molecule is C=C/C=C(\C=C/C)CCNC(=O)C(N)CO.CC. The molecule has 4 N–H and O–H groups in total. The van der Waals surface area contributed by atoms with Crippen LogP contribution in [0.15, 0.2) is 36.5 Å². The number of nitrogens with two attached hydrogens (primary N) is 1. The Morgan fingerprint density at radius 1 is 1.50 bits per heavy atom. The summed E-state index contributed by atoms with van der Waals surface area (Å²) in [7, 11) is 0. The Morgan fingerprint density at radius 3 is 2.56 bits per heavy atom.